The summed E-state index contributed by atoms with van der Waals surface area (Å²) in [7, 11) is 0. The normalized spacial score (nSPS) is 14.0. The van der Waals surface area contributed by atoms with Crippen LogP contribution in [0.15, 0.2) is 48.5 Å². The fourth-order valence-corrected chi connectivity index (χ4v) is 3.18. The summed E-state index contributed by atoms with van der Waals surface area (Å²) in [4.78, 5) is 24.7. The van der Waals surface area contributed by atoms with E-state index in [1.165, 1.54) is 23.4 Å². The molecule has 0 aliphatic carbocycles. The van der Waals surface area contributed by atoms with Crippen molar-refractivity contribution in [3.8, 4) is 0 Å². The lowest BCUT2D eigenvalue weighted by molar-refractivity contribution is -0.384. The smallest absolute Gasteiger partial charge is 0.269 e. The van der Waals surface area contributed by atoms with Gasteiger partial charge >= 0.3 is 0 Å². The number of benzene rings is 2. The molecule has 2 aromatic carbocycles. The van der Waals surface area contributed by atoms with Gasteiger partial charge in [0, 0.05) is 37.0 Å². The van der Waals surface area contributed by atoms with Crippen LogP contribution in [0.3, 0.4) is 0 Å². The van der Waals surface area contributed by atoms with E-state index in [4.69, 9.17) is 0 Å². The molecule has 0 aromatic heterocycles. The van der Waals surface area contributed by atoms with E-state index in [1.54, 1.807) is 12.1 Å². The number of nitrogens with zero attached hydrogens (tertiary/aromatic N) is 2. The van der Waals surface area contributed by atoms with Crippen LogP contribution in [0.5, 0.6) is 0 Å². The van der Waals surface area contributed by atoms with Crippen LogP contribution in [0.2, 0.25) is 0 Å². The van der Waals surface area contributed by atoms with E-state index in [-0.39, 0.29) is 24.1 Å². The first-order valence-electron chi connectivity index (χ1n) is 8.39. The van der Waals surface area contributed by atoms with Crippen LogP contribution in [0, 0.1) is 10.1 Å². The number of hydrogen-bond acceptors (Lipinski definition) is 4. The molecule has 3 rings (SSSR count). The molecule has 1 amide bonds. The maximum atomic E-state index is 12.1. The Balaban J connectivity index is 1.51. The van der Waals surface area contributed by atoms with Gasteiger partial charge in [-0.3, -0.25) is 14.9 Å². The minimum atomic E-state index is -0.445. The van der Waals surface area contributed by atoms with Crippen molar-refractivity contribution < 1.29 is 9.72 Å². The van der Waals surface area contributed by atoms with E-state index in [2.05, 4.69) is 35.3 Å². The van der Waals surface area contributed by atoms with Gasteiger partial charge in [-0.2, -0.15) is 0 Å². The maximum absolute atomic E-state index is 12.1. The zero-order chi connectivity index (χ0) is 17.8. The van der Waals surface area contributed by atoms with E-state index in [0.717, 1.165) is 18.5 Å². The maximum Gasteiger partial charge on any atom is 0.269 e. The second kappa shape index (κ2) is 7.34. The van der Waals surface area contributed by atoms with Crippen LogP contribution in [0.4, 0.5) is 11.4 Å². The SMILES string of the molecule is C[C@H](CNC(=O)Cc1ccc([N+](=O)[O-])cc1)N1CCc2ccccc21. The van der Waals surface area contributed by atoms with Crippen LogP contribution in [-0.4, -0.2) is 30.0 Å². The van der Waals surface area contributed by atoms with Crippen molar-refractivity contribution in [2.24, 2.45) is 0 Å². The topological polar surface area (TPSA) is 75.5 Å². The van der Waals surface area contributed by atoms with E-state index in [0.29, 0.717) is 6.54 Å². The first kappa shape index (κ1) is 17.0. The highest BCUT2D eigenvalue weighted by atomic mass is 16.6. The summed E-state index contributed by atoms with van der Waals surface area (Å²) in [5.74, 6) is -0.0758. The van der Waals surface area contributed by atoms with Gasteiger partial charge in [-0.05, 0) is 30.5 Å². The second-order valence-corrected chi connectivity index (χ2v) is 6.33. The lowest BCUT2D eigenvalue weighted by Gasteiger charge is -2.27. The Kier molecular flexibility index (Phi) is 4.97. The third-order valence-corrected chi connectivity index (χ3v) is 4.56. The molecule has 25 heavy (non-hydrogen) atoms. The zero-order valence-corrected chi connectivity index (χ0v) is 14.1. The van der Waals surface area contributed by atoms with Gasteiger partial charge in [-0.25, -0.2) is 0 Å². The molecule has 0 spiro atoms. The summed E-state index contributed by atoms with van der Waals surface area (Å²) in [6.07, 6.45) is 1.26. The first-order valence-corrected chi connectivity index (χ1v) is 8.39. The molecular weight excluding hydrogens is 318 g/mol. The quantitative estimate of drug-likeness (QED) is 0.648. The number of hydrogen-bond donors (Lipinski definition) is 1. The summed E-state index contributed by atoms with van der Waals surface area (Å²) >= 11 is 0. The number of nitro groups is 1. The van der Waals surface area contributed by atoms with Gasteiger partial charge in [0.2, 0.25) is 5.91 Å². The van der Waals surface area contributed by atoms with Gasteiger partial charge < -0.3 is 10.2 Å². The number of amides is 1. The Bertz CT molecular complexity index is 774. The largest absolute Gasteiger partial charge is 0.366 e. The van der Waals surface area contributed by atoms with E-state index >= 15 is 0 Å². The molecule has 1 N–H and O–H groups in total. The number of rotatable bonds is 6. The number of anilines is 1. The number of para-hydroxylation sites is 1. The van der Waals surface area contributed by atoms with E-state index in [9.17, 15) is 14.9 Å². The van der Waals surface area contributed by atoms with Gasteiger partial charge in [0.1, 0.15) is 0 Å². The van der Waals surface area contributed by atoms with Gasteiger partial charge in [-0.15, -0.1) is 0 Å². The fraction of sp³-hybridized carbons (Fsp3) is 0.316. The molecular formula is C19H21N3O3. The third kappa shape index (κ3) is 3.96. The van der Waals surface area contributed by atoms with Crippen molar-refractivity contribution in [3.63, 3.8) is 0 Å². The number of nitrogens with one attached hydrogen (secondary N) is 1. The summed E-state index contributed by atoms with van der Waals surface area (Å²) < 4.78 is 0. The number of carbonyl (C=O) groups is 1. The molecule has 2 aromatic rings. The fourth-order valence-electron chi connectivity index (χ4n) is 3.18. The summed E-state index contributed by atoms with van der Waals surface area (Å²) in [5, 5.41) is 13.6. The Morgan fingerprint density at radius 2 is 1.96 bits per heavy atom. The molecule has 1 heterocycles. The number of fused-ring (bicyclic) bond motifs is 1. The highest BCUT2D eigenvalue weighted by molar-refractivity contribution is 5.78. The average molecular weight is 339 g/mol. The third-order valence-electron chi connectivity index (χ3n) is 4.56. The van der Waals surface area contributed by atoms with Crippen LogP contribution >= 0.6 is 0 Å². The van der Waals surface area contributed by atoms with Crippen molar-refractivity contribution in [1.82, 2.24) is 5.32 Å². The number of nitro benzene ring substituents is 1. The van der Waals surface area contributed by atoms with Gasteiger partial charge in [-0.1, -0.05) is 30.3 Å². The minimum absolute atomic E-state index is 0.0329. The summed E-state index contributed by atoms with van der Waals surface area (Å²) in [6, 6.07) is 14.7. The molecule has 0 radical (unpaired) electrons. The number of carbonyl (C=O) groups excluding carboxylic acids is 1. The number of non-ortho nitro benzene ring substituents is 1. The average Bonchev–Trinajstić information content (AvgIpc) is 3.04. The lowest BCUT2D eigenvalue weighted by atomic mass is 10.1. The monoisotopic (exact) mass is 339 g/mol. The predicted molar refractivity (Wildman–Crippen MR) is 96.8 cm³/mol. The molecule has 1 aliphatic heterocycles. The summed E-state index contributed by atoms with van der Waals surface area (Å²) in [5.41, 5.74) is 3.40. The Morgan fingerprint density at radius 3 is 2.68 bits per heavy atom. The highest BCUT2D eigenvalue weighted by Crippen LogP contribution is 2.28. The molecule has 0 bridgehead atoms. The standard InChI is InChI=1S/C19H21N3O3/c1-14(21-11-10-16-4-2-3-5-18(16)21)13-20-19(23)12-15-6-8-17(9-7-15)22(24)25/h2-9,14H,10-13H2,1H3,(H,20,23)/t14-/m1/s1. The van der Waals surface area contributed by atoms with Crippen molar-refractivity contribution >= 4 is 17.3 Å². The van der Waals surface area contributed by atoms with Crippen molar-refractivity contribution in [1.29, 1.82) is 0 Å². The van der Waals surface area contributed by atoms with Crippen molar-refractivity contribution in [2.45, 2.75) is 25.8 Å². The highest BCUT2D eigenvalue weighted by Gasteiger charge is 2.23. The molecule has 0 unspecified atom stereocenters. The van der Waals surface area contributed by atoms with Gasteiger partial charge in [0.25, 0.3) is 5.69 Å². The van der Waals surface area contributed by atoms with Crippen LogP contribution < -0.4 is 10.2 Å². The zero-order valence-electron chi connectivity index (χ0n) is 14.1. The molecule has 130 valence electrons. The Labute approximate surface area is 146 Å². The Hall–Kier alpha value is -2.89. The molecule has 1 aliphatic rings. The van der Waals surface area contributed by atoms with Crippen molar-refractivity contribution in [3.05, 3.63) is 69.8 Å². The molecule has 6 nitrogen and oxygen atoms in total. The van der Waals surface area contributed by atoms with Crippen molar-refractivity contribution in [2.75, 3.05) is 18.0 Å². The van der Waals surface area contributed by atoms with Crippen LogP contribution in [0.25, 0.3) is 0 Å². The molecule has 0 saturated carbocycles. The molecule has 1 atom stereocenters. The van der Waals surface area contributed by atoms with E-state index in [1.807, 2.05) is 6.07 Å². The molecule has 6 heteroatoms. The van der Waals surface area contributed by atoms with Crippen LogP contribution in [0.1, 0.15) is 18.1 Å². The minimum Gasteiger partial charge on any atom is -0.366 e. The Morgan fingerprint density at radius 1 is 1.24 bits per heavy atom. The summed E-state index contributed by atoms with van der Waals surface area (Å²) in [6.45, 7) is 3.65. The molecule has 0 saturated heterocycles. The van der Waals surface area contributed by atoms with Crippen LogP contribution in [-0.2, 0) is 17.6 Å². The van der Waals surface area contributed by atoms with Gasteiger partial charge in [0.05, 0.1) is 11.3 Å². The first-order chi connectivity index (χ1) is 12.0. The van der Waals surface area contributed by atoms with Gasteiger partial charge in [0.15, 0.2) is 0 Å². The lowest BCUT2D eigenvalue weighted by Crippen LogP contribution is -2.41. The van der Waals surface area contributed by atoms with E-state index < -0.39 is 4.92 Å². The predicted octanol–water partition coefficient (Wildman–Crippen LogP) is 2.70. The second-order valence-electron chi connectivity index (χ2n) is 6.33. The molecule has 0 fully saturated rings.